The van der Waals surface area contributed by atoms with Crippen LogP contribution in [-0.2, 0) is 0 Å². The van der Waals surface area contributed by atoms with Crippen molar-refractivity contribution in [1.29, 1.82) is 0 Å². The second-order valence-electron chi connectivity index (χ2n) is 4.19. The second kappa shape index (κ2) is 9.13. The van der Waals surface area contributed by atoms with Crippen molar-refractivity contribution in [2.45, 2.75) is 70.2 Å². The third kappa shape index (κ3) is 8.85. The zero-order valence-corrected chi connectivity index (χ0v) is 9.73. The Hall–Kier alpha value is -0.120. The summed E-state index contributed by atoms with van der Waals surface area (Å²) in [6.45, 7) is 5.62. The van der Waals surface area contributed by atoms with E-state index in [0.29, 0.717) is 32.1 Å². The van der Waals surface area contributed by atoms with Crippen LogP contribution in [0.1, 0.15) is 51.9 Å². The molecule has 0 heterocycles. The summed E-state index contributed by atoms with van der Waals surface area (Å²) in [5.74, 6) is 0. The molecule has 0 aromatic heterocycles. The molecule has 0 aromatic rings. The van der Waals surface area contributed by atoms with E-state index in [1.807, 2.05) is 6.92 Å². The van der Waals surface area contributed by atoms with Gasteiger partial charge in [-0.25, -0.2) is 0 Å². The monoisotopic (exact) mass is 217 g/mol. The molecule has 0 aromatic carbocycles. The van der Waals surface area contributed by atoms with E-state index < -0.39 is 12.2 Å². The van der Waals surface area contributed by atoms with Crippen LogP contribution in [0.5, 0.6) is 0 Å². The molecule has 15 heavy (non-hydrogen) atoms. The van der Waals surface area contributed by atoms with E-state index in [1.165, 1.54) is 0 Å². The average molecular weight is 217 g/mol. The SMILES string of the molecule is [CH2]CC(O)CCC(O)CCC(O)CCC. The summed E-state index contributed by atoms with van der Waals surface area (Å²) in [5.41, 5.74) is 0. The molecule has 0 aliphatic carbocycles. The van der Waals surface area contributed by atoms with Gasteiger partial charge < -0.3 is 15.3 Å². The lowest BCUT2D eigenvalue weighted by Crippen LogP contribution is -2.15. The maximum Gasteiger partial charge on any atom is 0.0542 e. The summed E-state index contributed by atoms with van der Waals surface area (Å²) in [7, 11) is 0. The Morgan fingerprint density at radius 3 is 1.60 bits per heavy atom. The average Bonchev–Trinajstić information content (AvgIpc) is 2.23. The molecule has 3 atom stereocenters. The number of hydrogen-bond donors (Lipinski definition) is 3. The van der Waals surface area contributed by atoms with Crippen molar-refractivity contribution in [2.24, 2.45) is 0 Å². The van der Waals surface area contributed by atoms with Crippen LogP contribution >= 0.6 is 0 Å². The van der Waals surface area contributed by atoms with Crippen LogP contribution in [-0.4, -0.2) is 33.6 Å². The summed E-state index contributed by atoms with van der Waals surface area (Å²) in [6.07, 6.45) is 3.61. The quantitative estimate of drug-likeness (QED) is 0.550. The fourth-order valence-electron chi connectivity index (χ4n) is 1.54. The highest BCUT2D eigenvalue weighted by Gasteiger charge is 2.10. The van der Waals surface area contributed by atoms with Crippen LogP contribution in [0, 0.1) is 6.92 Å². The maximum atomic E-state index is 9.57. The second-order valence-corrected chi connectivity index (χ2v) is 4.19. The third-order valence-electron chi connectivity index (χ3n) is 2.62. The van der Waals surface area contributed by atoms with Crippen LogP contribution in [0.2, 0.25) is 0 Å². The highest BCUT2D eigenvalue weighted by molar-refractivity contribution is 4.64. The minimum absolute atomic E-state index is 0.289. The number of aliphatic hydroxyl groups is 3. The van der Waals surface area contributed by atoms with E-state index >= 15 is 0 Å². The van der Waals surface area contributed by atoms with Gasteiger partial charge in [-0.1, -0.05) is 20.3 Å². The molecule has 0 saturated carbocycles. The molecule has 0 aliphatic heterocycles. The molecule has 0 rings (SSSR count). The molecule has 3 heteroatoms. The largest absolute Gasteiger partial charge is 0.393 e. The van der Waals surface area contributed by atoms with Gasteiger partial charge in [-0.2, -0.15) is 0 Å². The summed E-state index contributed by atoms with van der Waals surface area (Å²) in [6, 6.07) is 0. The fraction of sp³-hybridized carbons (Fsp3) is 0.917. The first-order valence-corrected chi connectivity index (χ1v) is 5.93. The summed E-state index contributed by atoms with van der Waals surface area (Å²) in [5, 5.41) is 28.3. The first kappa shape index (κ1) is 14.9. The Balaban J connectivity index is 3.44. The Labute approximate surface area is 93.1 Å². The van der Waals surface area contributed by atoms with E-state index in [0.717, 1.165) is 12.8 Å². The van der Waals surface area contributed by atoms with Gasteiger partial charge in [0.1, 0.15) is 0 Å². The van der Waals surface area contributed by atoms with E-state index in [4.69, 9.17) is 0 Å². The van der Waals surface area contributed by atoms with E-state index in [2.05, 4.69) is 6.92 Å². The predicted octanol–water partition coefficient (Wildman–Crippen LogP) is 1.65. The normalized spacial score (nSPS) is 17.4. The van der Waals surface area contributed by atoms with Gasteiger partial charge in [-0.3, -0.25) is 0 Å². The molecular formula is C12H25O3. The molecule has 91 valence electrons. The van der Waals surface area contributed by atoms with Crippen molar-refractivity contribution in [3.8, 4) is 0 Å². The lowest BCUT2D eigenvalue weighted by atomic mass is 10.0. The molecule has 0 aliphatic rings. The Bertz CT molecular complexity index is 139. The topological polar surface area (TPSA) is 60.7 Å². The van der Waals surface area contributed by atoms with E-state index in [-0.39, 0.29) is 6.10 Å². The summed E-state index contributed by atoms with van der Waals surface area (Å²) < 4.78 is 0. The molecule has 3 N–H and O–H groups in total. The van der Waals surface area contributed by atoms with Gasteiger partial charge in [-0.15, -0.1) is 0 Å². The zero-order chi connectivity index (χ0) is 11.7. The van der Waals surface area contributed by atoms with E-state index in [1.54, 1.807) is 0 Å². The minimum Gasteiger partial charge on any atom is -0.393 e. The predicted molar refractivity (Wildman–Crippen MR) is 61.4 cm³/mol. The first-order chi connectivity index (χ1) is 7.10. The molecule has 0 saturated heterocycles. The van der Waals surface area contributed by atoms with Gasteiger partial charge in [0.05, 0.1) is 18.3 Å². The van der Waals surface area contributed by atoms with Crippen molar-refractivity contribution in [3.05, 3.63) is 6.92 Å². The summed E-state index contributed by atoms with van der Waals surface area (Å²) in [4.78, 5) is 0. The lowest BCUT2D eigenvalue weighted by molar-refractivity contribution is 0.0863. The summed E-state index contributed by atoms with van der Waals surface area (Å²) >= 11 is 0. The highest BCUT2D eigenvalue weighted by Crippen LogP contribution is 2.12. The van der Waals surface area contributed by atoms with Gasteiger partial charge in [0.15, 0.2) is 0 Å². The van der Waals surface area contributed by atoms with Gasteiger partial charge in [-0.05, 0) is 38.5 Å². The maximum absolute atomic E-state index is 9.57. The van der Waals surface area contributed by atoms with Crippen molar-refractivity contribution >= 4 is 0 Å². The molecule has 0 spiro atoms. The smallest absolute Gasteiger partial charge is 0.0542 e. The van der Waals surface area contributed by atoms with E-state index in [9.17, 15) is 15.3 Å². The molecule has 1 radical (unpaired) electrons. The van der Waals surface area contributed by atoms with Crippen LogP contribution < -0.4 is 0 Å². The van der Waals surface area contributed by atoms with Crippen LogP contribution in [0.15, 0.2) is 0 Å². The standard InChI is InChI=1S/C12H25O3/c1-3-5-11(14)8-9-12(15)7-6-10(13)4-2/h10-15H,2-9H2,1H3. The van der Waals surface area contributed by atoms with Gasteiger partial charge in [0, 0.05) is 0 Å². The lowest BCUT2D eigenvalue weighted by Gasteiger charge is -2.15. The Morgan fingerprint density at radius 1 is 0.800 bits per heavy atom. The molecule has 0 bridgehead atoms. The molecule has 3 unspecified atom stereocenters. The molecule has 0 amide bonds. The number of rotatable bonds is 9. The van der Waals surface area contributed by atoms with Crippen LogP contribution in [0.3, 0.4) is 0 Å². The van der Waals surface area contributed by atoms with Crippen LogP contribution in [0.4, 0.5) is 0 Å². The first-order valence-electron chi connectivity index (χ1n) is 5.93. The van der Waals surface area contributed by atoms with Crippen molar-refractivity contribution in [1.82, 2.24) is 0 Å². The number of hydrogen-bond acceptors (Lipinski definition) is 3. The Morgan fingerprint density at radius 2 is 1.20 bits per heavy atom. The number of aliphatic hydroxyl groups excluding tert-OH is 3. The highest BCUT2D eigenvalue weighted by atomic mass is 16.3. The zero-order valence-electron chi connectivity index (χ0n) is 9.73. The molecule has 3 nitrogen and oxygen atoms in total. The van der Waals surface area contributed by atoms with Crippen molar-refractivity contribution in [2.75, 3.05) is 0 Å². The van der Waals surface area contributed by atoms with Crippen molar-refractivity contribution in [3.63, 3.8) is 0 Å². The van der Waals surface area contributed by atoms with Crippen LogP contribution in [0.25, 0.3) is 0 Å². The third-order valence-corrected chi connectivity index (χ3v) is 2.62. The van der Waals surface area contributed by atoms with Gasteiger partial charge in [0.2, 0.25) is 0 Å². The Kier molecular flexibility index (Phi) is 9.06. The van der Waals surface area contributed by atoms with Gasteiger partial charge in [0.25, 0.3) is 0 Å². The van der Waals surface area contributed by atoms with Crippen molar-refractivity contribution < 1.29 is 15.3 Å². The fourth-order valence-corrected chi connectivity index (χ4v) is 1.54. The minimum atomic E-state index is -0.405. The molecule has 0 fully saturated rings. The molecular weight excluding hydrogens is 192 g/mol. The van der Waals surface area contributed by atoms with Gasteiger partial charge >= 0.3 is 0 Å².